The predicted octanol–water partition coefficient (Wildman–Crippen LogP) is 2.47. The van der Waals surface area contributed by atoms with Gasteiger partial charge in [-0.25, -0.2) is 0 Å². The standard InChI is InChI=1S/C14H14O2S/c15-13(16)14(8-9-14)12-6-4-11(5-7-12)3-1-2-10-17/h4-7,17H,2,8-10H2,(H,15,16). The van der Waals surface area contributed by atoms with Crippen LogP contribution in [0.25, 0.3) is 0 Å². The molecule has 0 saturated heterocycles. The third kappa shape index (κ3) is 2.48. The Morgan fingerprint density at radius 2 is 2.00 bits per heavy atom. The molecule has 1 aliphatic rings. The Morgan fingerprint density at radius 1 is 1.35 bits per heavy atom. The first-order valence-electron chi connectivity index (χ1n) is 5.63. The molecule has 1 N–H and O–H groups in total. The third-order valence-corrected chi connectivity index (χ3v) is 3.29. The van der Waals surface area contributed by atoms with Crippen molar-refractivity contribution in [3.05, 3.63) is 35.4 Å². The molecule has 0 heterocycles. The molecule has 0 atom stereocenters. The monoisotopic (exact) mass is 246 g/mol. The van der Waals surface area contributed by atoms with Gasteiger partial charge in [0.25, 0.3) is 0 Å². The summed E-state index contributed by atoms with van der Waals surface area (Å²) in [6, 6.07) is 7.55. The minimum absolute atomic E-state index is 0.614. The first-order chi connectivity index (χ1) is 8.19. The van der Waals surface area contributed by atoms with Crippen LogP contribution in [0, 0.1) is 11.8 Å². The van der Waals surface area contributed by atoms with Gasteiger partial charge in [0.15, 0.2) is 0 Å². The SMILES string of the molecule is O=C(O)C1(c2ccc(C#CCCS)cc2)CC1. The highest BCUT2D eigenvalue weighted by Gasteiger charge is 2.51. The van der Waals surface area contributed by atoms with Gasteiger partial charge in [0.1, 0.15) is 0 Å². The zero-order chi connectivity index (χ0) is 12.3. The van der Waals surface area contributed by atoms with Crippen molar-refractivity contribution < 1.29 is 9.90 Å². The summed E-state index contributed by atoms with van der Waals surface area (Å²) < 4.78 is 0. The summed E-state index contributed by atoms with van der Waals surface area (Å²) in [6.07, 6.45) is 2.25. The van der Waals surface area contributed by atoms with Crippen molar-refractivity contribution in [2.75, 3.05) is 5.75 Å². The highest BCUT2D eigenvalue weighted by atomic mass is 32.1. The molecule has 0 amide bonds. The second-order valence-electron chi connectivity index (χ2n) is 4.24. The average molecular weight is 246 g/mol. The minimum Gasteiger partial charge on any atom is -0.481 e. The first-order valence-corrected chi connectivity index (χ1v) is 6.26. The van der Waals surface area contributed by atoms with E-state index in [0.29, 0.717) is 0 Å². The second-order valence-corrected chi connectivity index (χ2v) is 4.69. The second kappa shape index (κ2) is 4.85. The Labute approximate surface area is 106 Å². The summed E-state index contributed by atoms with van der Waals surface area (Å²) in [5.74, 6) is 6.07. The molecular formula is C14H14O2S. The van der Waals surface area contributed by atoms with Crippen LogP contribution in [0.3, 0.4) is 0 Å². The number of aliphatic carboxylic acids is 1. The molecule has 0 aliphatic heterocycles. The van der Waals surface area contributed by atoms with Gasteiger partial charge in [0.2, 0.25) is 0 Å². The molecule has 17 heavy (non-hydrogen) atoms. The molecule has 1 aromatic carbocycles. The van der Waals surface area contributed by atoms with Crippen LogP contribution in [0.1, 0.15) is 30.4 Å². The van der Waals surface area contributed by atoms with E-state index in [1.165, 1.54) is 0 Å². The molecule has 2 rings (SSSR count). The number of rotatable bonds is 3. The normalized spacial score (nSPS) is 15.8. The lowest BCUT2D eigenvalue weighted by Gasteiger charge is -2.09. The summed E-state index contributed by atoms with van der Waals surface area (Å²) >= 11 is 4.08. The number of hydrogen-bond donors (Lipinski definition) is 2. The molecule has 1 aromatic rings. The van der Waals surface area contributed by atoms with Crippen LogP contribution in [0.15, 0.2) is 24.3 Å². The molecule has 0 radical (unpaired) electrons. The summed E-state index contributed by atoms with van der Waals surface area (Å²) in [6.45, 7) is 0. The summed E-state index contributed by atoms with van der Waals surface area (Å²) in [4.78, 5) is 11.1. The number of thiol groups is 1. The number of hydrogen-bond acceptors (Lipinski definition) is 2. The van der Waals surface area contributed by atoms with Crippen molar-refractivity contribution in [3.63, 3.8) is 0 Å². The van der Waals surface area contributed by atoms with Crippen LogP contribution >= 0.6 is 12.6 Å². The zero-order valence-corrected chi connectivity index (χ0v) is 10.3. The van der Waals surface area contributed by atoms with Gasteiger partial charge >= 0.3 is 5.97 Å². The van der Waals surface area contributed by atoms with E-state index >= 15 is 0 Å². The fourth-order valence-electron chi connectivity index (χ4n) is 1.84. The third-order valence-electron chi connectivity index (χ3n) is 3.07. The van der Waals surface area contributed by atoms with E-state index in [0.717, 1.165) is 36.1 Å². The van der Waals surface area contributed by atoms with E-state index in [1.54, 1.807) is 0 Å². The van der Waals surface area contributed by atoms with Crippen molar-refractivity contribution in [1.29, 1.82) is 0 Å². The molecule has 1 fully saturated rings. The molecule has 3 heteroatoms. The van der Waals surface area contributed by atoms with E-state index in [1.807, 2.05) is 24.3 Å². The Bertz CT molecular complexity index is 475. The smallest absolute Gasteiger partial charge is 0.314 e. The molecular weight excluding hydrogens is 232 g/mol. The van der Waals surface area contributed by atoms with Crippen LogP contribution in [-0.2, 0) is 10.2 Å². The predicted molar refractivity (Wildman–Crippen MR) is 70.3 cm³/mol. The number of carboxylic acids is 1. The van der Waals surface area contributed by atoms with E-state index in [9.17, 15) is 4.79 Å². The Balaban J connectivity index is 2.15. The Kier molecular flexibility index (Phi) is 3.44. The average Bonchev–Trinajstić information content (AvgIpc) is 3.11. The maximum Gasteiger partial charge on any atom is 0.314 e. The number of carbonyl (C=O) groups is 1. The maximum atomic E-state index is 11.1. The zero-order valence-electron chi connectivity index (χ0n) is 9.44. The Morgan fingerprint density at radius 3 is 2.47 bits per heavy atom. The molecule has 1 aliphatic carbocycles. The molecule has 0 unspecified atom stereocenters. The van der Waals surface area contributed by atoms with Crippen molar-refractivity contribution in [2.45, 2.75) is 24.7 Å². The van der Waals surface area contributed by atoms with Crippen molar-refractivity contribution >= 4 is 18.6 Å². The Hall–Kier alpha value is -1.40. The largest absolute Gasteiger partial charge is 0.481 e. The first kappa shape index (κ1) is 12.1. The van der Waals surface area contributed by atoms with Crippen molar-refractivity contribution in [1.82, 2.24) is 0 Å². The van der Waals surface area contributed by atoms with Gasteiger partial charge in [-0.3, -0.25) is 4.79 Å². The fraction of sp³-hybridized carbons (Fsp3) is 0.357. The van der Waals surface area contributed by atoms with Gasteiger partial charge in [-0.05, 0) is 30.5 Å². The quantitative estimate of drug-likeness (QED) is 0.635. The van der Waals surface area contributed by atoms with Gasteiger partial charge in [-0.2, -0.15) is 12.6 Å². The number of carboxylic acid groups (broad SMARTS) is 1. The lowest BCUT2D eigenvalue weighted by Crippen LogP contribution is -2.19. The lowest BCUT2D eigenvalue weighted by molar-refractivity contribution is -0.140. The van der Waals surface area contributed by atoms with Gasteiger partial charge in [0.05, 0.1) is 5.41 Å². The van der Waals surface area contributed by atoms with Crippen LogP contribution in [0.2, 0.25) is 0 Å². The summed E-state index contributed by atoms with van der Waals surface area (Å²) in [7, 11) is 0. The van der Waals surface area contributed by atoms with E-state index < -0.39 is 11.4 Å². The molecule has 1 saturated carbocycles. The molecule has 2 nitrogen and oxygen atoms in total. The van der Waals surface area contributed by atoms with E-state index in [2.05, 4.69) is 24.5 Å². The highest BCUT2D eigenvalue weighted by molar-refractivity contribution is 7.80. The lowest BCUT2D eigenvalue weighted by atomic mass is 9.95. The van der Waals surface area contributed by atoms with Crippen molar-refractivity contribution in [3.8, 4) is 11.8 Å². The van der Waals surface area contributed by atoms with Gasteiger partial charge in [-0.15, -0.1) is 0 Å². The maximum absolute atomic E-state index is 11.1. The number of benzene rings is 1. The highest BCUT2D eigenvalue weighted by Crippen LogP contribution is 2.48. The van der Waals surface area contributed by atoms with Crippen LogP contribution < -0.4 is 0 Å². The summed E-state index contributed by atoms with van der Waals surface area (Å²) in [5.41, 5.74) is 1.21. The van der Waals surface area contributed by atoms with Gasteiger partial charge in [0, 0.05) is 17.7 Å². The fourth-order valence-corrected chi connectivity index (χ4v) is 1.96. The van der Waals surface area contributed by atoms with Gasteiger partial charge in [-0.1, -0.05) is 24.0 Å². The van der Waals surface area contributed by atoms with Crippen LogP contribution in [0.5, 0.6) is 0 Å². The van der Waals surface area contributed by atoms with Gasteiger partial charge < -0.3 is 5.11 Å². The van der Waals surface area contributed by atoms with Crippen LogP contribution in [0.4, 0.5) is 0 Å². The molecule has 0 spiro atoms. The van der Waals surface area contributed by atoms with E-state index in [4.69, 9.17) is 5.11 Å². The summed E-state index contributed by atoms with van der Waals surface area (Å²) in [5, 5.41) is 9.16. The van der Waals surface area contributed by atoms with Crippen molar-refractivity contribution in [2.24, 2.45) is 0 Å². The van der Waals surface area contributed by atoms with E-state index in [-0.39, 0.29) is 0 Å². The molecule has 88 valence electrons. The van der Waals surface area contributed by atoms with Crippen LogP contribution in [-0.4, -0.2) is 16.8 Å². The topological polar surface area (TPSA) is 37.3 Å². The molecule has 0 aromatic heterocycles. The minimum atomic E-state index is -0.716. The molecule has 0 bridgehead atoms.